The Labute approximate surface area is 158 Å². The molecular formula is C18H16ClF3N2O3. The van der Waals surface area contributed by atoms with Gasteiger partial charge in [0.05, 0.1) is 16.1 Å². The second-order valence-electron chi connectivity index (χ2n) is 5.95. The van der Waals surface area contributed by atoms with Crippen LogP contribution in [-0.2, 0) is 15.7 Å². The van der Waals surface area contributed by atoms with Crippen LogP contribution in [0.2, 0.25) is 5.02 Å². The molecule has 27 heavy (non-hydrogen) atoms. The van der Waals surface area contributed by atoms with Crippen molar-refractivity contribution in [2.45, 2.75) is 25.9 Å². The Morgan fingerprint density at radius 3 is 2.37 bits per heavy atom. The Morgan fingerprint density at radius 2 is 1.85 bits per heavy atom. The predicted octanol–water partition coefficient (Wildman–Crippen LogP) is 4.67. The number of rotatable bonds is 5. The maximum atomic E-state index is 12.6. The zero-order valence-corrected chi connectivity index (χ0v) is 15.2. The molecule has 0 aliphatic heterocycles. The monoisotopic (exact) mass is 400 g/mol. The van der Waals surface area contributed by atoms with E-state index in [2.05, 4.69) is 10.3 Å². The number of hydrogen-bond donors (Lipinski definition) is 1. The lowest BCUT2D eigenvalue weighted by Crippen LogP contribution is -2.22. The molecule has 5 nitrogen and oxygen atoms in total. The van der Waals surface area contributed by atoms with Crippen molar-refractivity contribution in [3.8, 4) is 0 Å². The van der Waals surface area contributed by atoms with E-state index in [0.717, 1.165) is 5.56 Å². The summed E-state index contributed by atoms with van der Waals surface area (Å²) in [5.41, 5.74) is 0.284. The molecule has 0 radical (unpaired) electrons. The Hall–Kier alpha value is -2.61. The van der Waals surface area contributed by atoms with Gasteiger partial charge in [0.25, 0.3) is 5.91 Å². The van der Waals surface area contributed by atoms with Crippen molar-refractivity contribution in [3.63, 3.8) is 0 Å². The molecule has 0 saturated heterocycles. The van der Waals surface area contributed by atoms with Crippen LogP contribution in [0.25, 0.3) is 0 Å². The Balaban J connectivity index is 1.93. The number of nitrogens with zero attached hydrogens (tertiary/aromatic N) is 1. The minimum absolute atomic E-state index is 0.257. The van der Waals surface area contributed by atoms with Gasteiger partial charge in [-0.3, -0.25) is 4.79 Å². The van der Waals surface area contributed by atoms with Crippen LogP contribution in [0, 0.1) is 0 Å². The molecule has 0 unspecified atom stereocenters. The average molecular weight is 401 g/mol. The van der Waals surface area contributed by atoms with Crippen molar-refractivity contribution < 1.29 is 27.5 Å². The van der Waals surface area contributed by atoms with Crippen LogP contribution in [0.1, 0.15) is 41.3 Å². The quantitative estimate of drug-likeness (QED) is 0.740. The van der Waals surface area contributed by atoms with Crippen molar-refractivity contribution >= 4 is 29.3 Å². The van der Waals surface area contributed by atoms with Gasteiger partial charge >= 0.3 is 12.1 Å². The molecule has 0 spiro atoms. The van der Waals surface area contributed by atoms with Gasteiger partial charge in [-0.05, 0) is 29.7 Å². The highest BCUT2D eigenvalue weighted by molar-refractivity contribution is 6.33. The maximum Gasteiger partial charge on any atom is 0.417 e. The summed E-state index contributed by atoms with van der Waals surface area (Å²) in [5, 5.41) is 1.81. The van der Waals surface area contributed by atoms with Gasteiger partial charge in [-0.25, -0.2) is 9.78 Å². The molecule has 0 bridgehead atoms. The fraction of sp³-hybridized carbons (Fsp3) is 0.278. The van der Waals surface area contributed by atoms with E-state index in [9.17, 15) is 22.8 Å². The molecule has 0 atom stereocenters. The molecule has 0 aliphatic carbocycles. The van der Waals surface area contributed by atoms with E-state index in [1.807, 2.05) is 13.8 Å². The molecule has 0 fully saturated rings. The van der Waals surface area contributed by atoms with Crippen molar-refractivity contribution in [2.75, 3.05) is 11.9 Å². The molecule has 1 heterocycles. The summed E-state index contributed by atoms with van der Waals surface area (Å²) in [6.45, 7) is 3.39. The van der Waals surface area contributed by atoms with Crippen LogP contribution in [0.4, 0.5) is 19.0 Å². The number of esters is 1. The van der Waals surface area contributed by atoms with Gasteiger partial charge in [-0.15, -0.1) is 0 Å². The van der Waals surface area contributed by atoms with Gasteiger partial charge in [0.1, 0.15) is 0 Å². The van der Waals surface area contributed by atoms with Crippen LogP contribution in [0.5, 0.6) is 0 Å². The van der Waals surface area contributed by atoms with Gasteiger partial charge in [0, 0.05) is 6.20 Å². The van der Waals surface area contributed by atoms with Crippen molar-refractivity contribution in [1.82, 2.24) is 4.98 Å². The highest BCUT2D eigenvalue weighted by atomic mass is 35.5. The Kier molecular flexibility index (Phi) is 6.43. The third-order valence-electron chi connectivity index (χ3n) is 3.57. The zero-order chi connectivity index (χ0) is 20.2. The molecular weight excluding hydrogens is 385 g/mol. The summed E-state index contributed by atoms with van der Waals surface area (Å²) in [6.07, 6.45) is -4.05. The fourth-order valence-corrected chi connectivity index (χ4v) is 2.29. The number of alkyl halides is 3. The smallest absolute Gasteiger partial charge is 0.417 e. The number of halogens is 4. The lowest BCUT2D eigenvalue weighted by atomic mass is 10.0. The number of benzene rings is 1. The molecule has 2 rings (SSSR count). The number of aromatic nitrogens is 1. The molecule has 2 aromatic rings. The maximum absolute atomic E-state index is 12.6. The summed E-state index contributed by atoms with van der Waals surface area (Å²) in [5.74, 6) is -1.43. The first-order valence-corrected chi connectivity index (χ1v) is 8.25. The first-order chi connectivity index (χ1) is 12.6. The minimum atomic E-state index is -4.60. The number of hydrogen-bond acceptors (Lipinski definition) is 4. The van der Waals surface area contributed by atoms with E-state index in [-0.39, 0.29) is 16.4 Å². The number of amides is 1. The number of carbonyl (C=O) groups excluding carboxylic acids is 2. The summed E-state index contributed by atoms with van der Waals surface area (Å²) < 4.78 is 42.6. The third kappa shape index (κ3) is 5.68. The fourth-order valence-electron chi connectivity index (χ4n) is 2.07. The Morgan fingerprint density at radius 1 is 1.22 bits per heavy atom. The number of ether oxygens (including phenoxy) is 1. The van der Waals surface area contributed by atoms with Gasteiger partial charge in [-0.1, -0.05) is 37.6 Å². The lowest BCUT2D eigenvalue weighted by molar-refractivity contribution is -0.137. The van der Waals surface area contributed by atoms with E-state index in [1.54, 1.807) is 24.3 Å². The second kappa shape index (κ2) is 8.39. The van der Waals surface area contributed by atoms with Crippen LogP contribution >= 0.6 is 11.6 Å². The van der Waals surface area contributed by atoms with Crippen molar-refractivity contribution in [1.29, 1.82) is 0 Å². The largest absolute Gasteiger partial charge is 0.452 e. The van der Waals surface area contributed by atoms with Crippen LogP contribution in [0.3, 0.4) is 0 Å². The predicted molar refractivity (Wildman–Crippen MR) is 93.7 cm³/mol. The number of pyridine rings is 1. The molecule has 1 aromatic carbocycles. The molecule has 0 saturated carbocycles. The van der Waals surface area contributed by atoms with Gasteiger partial charge in [-0.2, -0.15) is 13.2 Å². The number of anilines is 1. The first-order valence-electron chi connectivity index (χ1n) is 7.87. The second-order valence-corrected chi connectivity index (χ2v) is 6.36. The van der Waals surface area contributed by atoms with Gasteiger partial charge < -0.3 is 10.1 Å². The summed E-state index contributed by atoms with van der Waals surface area (Å²) in [7, 11) is 0. The number of carbonyl (C=O) groups is 2. The highest BCUT2D eigenvalue weighted by Crippen LogP contribution is 2.32. The number of nitrogens with one attached hydrogen (secondary N) is 1. The molecule has 1 N–H and O–H groups in total. The molecule has 144 valence electrons. The van der Waals surface area contributed by atoms with Crippen molar-refractivity contribution in [2.24, 2.45) is 0 Å². The minimum Gasteiger partial charge on any atom is -0.452 e. The first kappa shape index (κ1) is 20.7. The zero-order valence-electron chi connectivity index (χ0n) is 14.4. The summed E-state index contributed by atoms with van der Waals surface area (Å²) in [6, 6.07) is 7.39. The van der Waals surface area contributed by atoms with E-state index < -0.39 is 30.2 Å². The summed E-state index contributed by atoms with van der Waals surface area (Å²) in [4.78, 5) is 27.2. The van der Waals surface area contributed by atoms with E-state index in [4.69, 9.17) is 16.3 Å². The standard InChI is InChI=1S/C18H16ClF3N2O3/c1-10(2)11-3-5-12(6-4-11)17(26)27-9-15(25)24-16-14(19)7-13(8-23-16)18(20,21)22/h3-8,10H,9H2,1-2H3,(H,23,24,25). The molecule has 1 amide bonds. The van der Waals surface area contributed by atoms with E-state index in [0.29, 0.717) is 18.2 Å². The third-order valence-corrected chi connectivity index (χ3v) is 3.86. The summed E-state index contributed by atoms with van der Waals surface area (Å²) >= 11 is 5.69. The van der Waals surface area contributed by atoms with Gasteiger partial charge in [0.15, 0.2) is 12.4 Å². The van der Waals surface area contributed by atoms with Crippen LogP contribution in [0.15, 0.2) is 36.5 Å². The average Bonchev–Trinajstić information content (AvgIpc) is 2.60. The molecule has 0 aliphatic rings. The topological polar surface area (TPSA) is 68.3 Å². The van der Waals surface area contributed by atoms with E-state index in [1.165, 1.54) is 0 Å². The van der Waals surface area contributed by atoms with Crippen LogP contribution < -0.4 is 5.32 Å². The highest BCUT2D eigenvalue weighted by Gasteiger charge is 2.31. The lowest BCUT2D eigenvalue weighted by Gasteiger charge is -2.10. The SMILES string of the molecule is CC(C)c1ccc(C(=O)OCC(=O)Nc2ncc(C(F)(F)F)cc2Cl)cc1. The molecule has 1 aromatic heterocycles. The normalized spacial score (nSPS) is 11.4. The Bertz CT molecular complexity index is 837. The van der Waals surface area contributed by atoms with Crippen LogP contribution in [-0.4, -0.2) is 23.5 Å². The van der Waals surface area contributed by atoms with Crippen molar-refractivity contribution in [3.05, 3.63) is 58.2 Å². The van der Waals surface area contributed by atoms with Gasteiger partial charge in [0.2, 0.25) is 0 Å². The molecule has 9 heteroatoms. The van der Waals surface area contributed by atoms with E-state index >= 15 is 0 Å².